The monoisotopic (exact) mass is 537 g/mol. The van der Waals surface area contributed by atoms with Crippen molar-refractivity contribution in [3.8, 4) is 11.4 Å². The molecule has 2 aliphatic heterocycles. The highest BCUT2D eigenvalue weighted by atomic mass is 19.1. The number of rotatable bonds is 5. The van der Waals surface area contributed by atoms with Gasteiger partial charge in [-0.2, -0.15) is 0 Å². The van der Waals surface area contributed by atoms with E-state index in [1.807, 2.05) is 0 Å². The van der Waals surface area contributed by atoms with Gasteiger partial charge in [0, 0.05) is 35.6 Å². The van der Waals surface area contributed by atoms with E-state index in [4.69, 9.17) is 19.6 Å². The molecule has 1 amide bonds. The quantitative estimate of drug-likeness (QED) is 0.261. The van der Waals surface area contributed by atoms with Crippen LogP contribution < -0.4 is 10.9 Å². The zero-order chi connectivity index (χ0) is 27.6. The van der Waals surface area contributed by atoms with Crippen molar-refractivity contribution in [3.05, 3.63) is 61.7 Å². The van der Waals surface area contributed by atoms with Crippen molar-refractivity contribution in [2.24, 2.45) is 0 Å². The Morgan fingerprint density at radius 1 is 1.31 bits per heavy atom. The summed E-state index contributed by atoms with van der Waals surface area (Å²) in [4.78, 5) is 43.5. The van der Waals surface area contributed by atoms with E-state index in [2.05, 4.69) is 5.32 Å². The Morgan fingerprint density at radius 3 is 2.85 bits per heavy atom. The first-order valence-corrected chi connectivity index (χ1v) is 13.0. The van der Waals surface area contributed by atoms with Crippen molar-refractivity contribution in [1.29, 1.82) is 0 Å². The molecule has 11 heteroatoms. The fourth-order valence-electron chi connectivity index (χ4n) is 6.11. The second kappa shape index (κ2) is 9.13. The number of aliphatic hydroxyl groups excluding tert-OH is 1. The Bertz CT molecular complexity index is 1630. The van der Waals surface area contributed by atoms with Gasteiger partial charge in [-0.15, -0.1) is 0 Å². The molecule has 39 heavy (non-hydrogen) atoms. The number of hydrogen-bond donors (Lipinski definition) is 3. The molecule has 4 heterocycles. The number of aromatic nitrogens is 2. The van der Waals surface area contributed by atoms with E-state index in [1.54, 1.807) is 19.9 Å². The topological polar surface area (TPSA) is 140 Å². The number of esters is 1. The molecule has 0 saturated heterocycles. The van der Waals surface area contributed by atoms with Crippen LogP contribution in [0.2, 0.25) is 0 Å². The predicted octanol–water partition coefficient (Wildman–Crippen LogP) is 2.62. The fourth-order valence-corrected chi connectivity index (χ4v) is 6.11. The molecule has 1 aromatic carbocycles. The predicted molar refractivity (Wildman–Crippen MR) is 136 cm³/mol. The van der Waals surface area contributed by atoms with E-state index < -0.39 is 35.1 Å². The van der Waals surface area contributed by atoms with E-state index in [-0.39, 0.29) is 43.9 Å². The summed E-state index contributed by atoms with van der Waals surface area (Å²) in [6, 6.07) is 2.48. The molecule has 0 bridgehead atoms. The summed E-state index contributed by atoms with van der Waals surface area (Å²) in [7, 11) is 0. The van der Waals surface area contributed by atoms with Gasteiger partial charge in [0.1, 0.15) is 12.4 Å². The van der Waals surface area contributed by atoms with E-state index >= 15 is 0 Å². The molecule has 2 aromatic heterocycles. The van der Waals surface area contributed by atoms with Gasteiger partial charge in [0.05, 0.1) is 41.7 Å². The van der Waals surface area contributed by atoms with Crippen LogP contribution in [0.1, 0.15) is 65.6 Å². The van der Waals surface area contributed by atoms with Crippen molar-refractivity contribution in [3.63, 3.8) is 0 Å². The number of benzene rings is 1. The van der Waals surface area contributed by atoms with Crippen molar-refractivity contribution in [2.75, 3.05) is 13.2 Å². The largest absolute Gasteiger partial charge is 0.458 e. The van der Waals surface area contributed by atoms with Crippen LogP contribution in [0.3, 0.4) is 0 Å². The molecule has 6 rings (SSSR count). The highest BCUT2D eigenvalue weighted by molar-refractivity contribution is 5.93. The number of amides is 1. The summed E-state index contributed by atoms with van der Waals surface area (Å²) in [5.74, 6) is -1.21. The Labute approximate surface area is 222 Å². The standard InChI is InChI=1S/C28H28FN3O7/c1-3-28(37)17-9-21-24-15(11-32(21)25(34)16(17)12-39-26(28)35)23-19(31-27(36)38-8-4-7-33)6-5-14-13(2)18(29)10-20(30-24)22(14)23/h9-10,19,33,37H,3-8,11-12H2,1-2H3,(H,31,36)/t19-,28-/m0/s1. The third kappa shape index (κ3) is 3.67. The van der Waals surface area contributed by atoms with Crippen LogP contribution in [0.25, 0.3) is 22.3 Å². The van der Waals surface area contributed by atoms with Crippen LogP contribution in [0, 0.1) is 12.7 Å². The number of aryl methyl sites for hydroxylation is 1. The number of ether oxygens (including phenoxy) is 2. The van der Waals surface area contributed by atoms with Crippen molar-refractivity contribution in [2.45, 2.75) is 64.3 Å². The SMILES string of the molecule is CC[C@@]1(O)C(=O)OCc2c1cc1n(c2=O)Cc2c-1nc1cc(F)c(C)c3c1c2[C@@H](NC(=O)OCCCO)CC3. The molecule has 204 valence electrons. The molecule has 3 aliphatic rings. The summed E-state index contributed by atoms with van der Waals surface area (Å²) in [5, 5.41) is 23.8. The molecule has 3 N–H and O–H groups in total. The van der Waals surface area contributed by atoms with E-state index in [1.165, 1.54) is 10.6 Å². The minimum absolute atomic E-state index is 0.0171. The molecule has 10 nitrogen and oxygen atoms in total. The third-order valence-electron chi connectivity index (χ3n) is 8.21. The first-order valence-electron chi connectivity index (χ1n) is 13.0. The van der Waals surface area contributed by atoms with Gasteiger partial charge in [-0.25, -0.2) is 19.0 Å². The lowest BCUT2D eigenvalue weighted by Gasteiger charge is -2.31. The normalized spacial score (nSPS) is 20.7. The van der Waals surface area contributed by atoms with Crippen molar-refractivity contribution < 1.29 is 33.7 Å². The van der Waals surface area contributed by atoms with Crippen LogP contribution in [-0.2, 0) is 39.4 Å². The molecule has 0 radical (unpaired) electrons. The number of fused-ring (bicyclic) bond motifs is 5. The summed E-state index contributed by atoms with van der Waals surface area (Å²) in [5.41, 5.74) is 2.06. The maximum atomic E-state index is 15.0. The van der Waals surface area contributed by atoms with Gasteiger partial charge >= 0.3 is 12.1 Å². The van der Waals surface area contributed by atoms with Crippen LogP contribution in [0.5, 0.6) is 0 Å². The Kier molecular flexibility index (Phi) is 5.96. The molecule has 0 unspecified atom stereocenters. The molecule has 0 saturated carbocycles. The lowest BCUT2D eigenvalue weighted by atomic mass is 9.81. The average Bonchev–Trinajstić information content (AvgIpc) is 3.29. The zero-order valence-corrected chi connectivity index (χ0v) is 21.6. The Balaban J connectivity index is 1.56. The third-order valence-corrected chi connectivity index (χ3v) is 8.21. The summed E-state index contributed by atoms with van der Waals surface area (Å²) in [6.45, 7) is 3.22. The van der Waals surface area contributed by atoms with Gasteiger partial charge in [0.25, 0.3) is 5.56 Å². The van der Waals surface area contributed by atoms with Gasteiger partial charge in [0.15, 0.2) is 5.60 Å². The van der Waals surface area contributed by atoms with Gasteiger partial charge < -0.3 is 29.6 Å². The first kappa shape index (κ1) is 25.4. The summed E-state index contributed by atoms with van der Waals surface area (Å²) < 4.78 is 26.9. The zero-order valence-electron chi connectivity index (χ0n) is 21.6. The molecular formula is C28H28FN3O7. The second-order valence-electron chi connectivity index (χ2n) is 10.3. The minimum atomic E-state index is -1.96. The highest BCUT2D eigenvalue weighted by Gasteiger charge is 2.46. The van der Waals surface area contributed by atoms with Crippen molar-refractivity contribution in [1.82, 2.24) is 14.9 Å². The Morgan fingerprint density at radius 2 is 2.10 bits per heavy atom. The number of nitrogens with one attached hydrogen (secondary N) is 1. The number of hydrogen-bond acceptors (Lipinski definition) is 8. The van der Waals surface area contributed by atoms with Crippen LogP contribution >= 0.6 is 0 Å². The van der Waals surface area contributed by atoms with E-state index in [0.29, 0.717) is 47.3 Å². The van der Waals surface area contributed by atoms with Gasteiger partial charge in [-0.3, -0.25) is 4.79 Å². The second-order valence-corrected chi connectivity index (χ2v) is 10.3. The van der Waals surface area contributed by atoms with Gasteiger partial charge in [0.2, 0.25) is 0 Å². The number of pyridine rings is 2. The summed E-state index contributed by atoms with van der Waals surface area (Å²) >= 11 is 0. The maximum Gasteiger partial charge on any atom is 0.407 e. The van der Waals surface area contributed by atoms with Gasteiger partial charge in [-0.1, -0.05) is 6.92 Å². The molecule has 0 fully saturated rings. The van der Waals surface area contributed by atoms with Crippen LogP contribution in [0.15, 0.2) is 16.9 Å². The van der Waals surface area contributed by atoms with Gasteiger partial charge in [-0.05, 0) is 48.9 Å². The van der Waals surface area contributed by atoms with E-state index in [9.17, 15) is 23.9 Å². The average molecular weight is 538 g/mol. The van der Waals surface area contributed by atoms with E-state index in [0.717, 1.165) is 16.5 Å². The lowest BCUT2D eigenvalue weighted by Crippen LogP contribution is -2.44. The van der Waals surface area contributed by atoms with Crippen molar-refractivity contribution >= 4 is 23.0 Å². The van der Waals surface area contributed by atoms with Crippen LogP contribution in [-0.4, -0.2) is 45.0 Å². The molecular weight excluding hydrogens is 509 g/mol. The number of alkyl carbamates (subject to hydrolysis) is 1. The summed E-state index contributed by atoms with van der Waals surface area (Å²) in [6.07, 6.45) is 0.689. The van der Waals surface area contributed by atoms with Crippen LogP contribution in [0.4, 0.5) is 9.18 Å². The molecule has 2 atom stereocenters. The number of nitrogens with zero attached hydrogens (tertiary/aromatic N) is 2. The number of carbonyl (C=O) groups excluding carboxylic acids is 2. The number of aliphatic hydroxyl groups is 2. The molecule has 3 aromatic rings. The number of carbonyl (C=O) groups is 2. The minimum Gasteiger partial charge on any atom is -0.458 e. The number of halogens is 1. The molecule has 0 spiro atoms. The lowest BCUT2D eigenvalue weighted by molar-refractivity contribution is -0.172. The fraction of sp³-hybridized carbons (Fsp3) is 0.429. The first-order chi connectivity index (χ1) is 18.7. The number of cyclic esters (lactones) is 1. The molecule has 1 aliphatic carbocycles. The highest BCUT2D eigenvalue weighted by Crippen LogP contribution is 2.45. The maximum absolute atomic E-state index is 15.0. The Hall–Kier alpha value is -3.83. The smallest absolute Gasteiger partial charge is 0.407 e.